The van der Waals surface area contributed by atoms with Crippen LogP contribution < -0.4 is 5.73 Å². The lowest BCUT2D eigenvalue weighted by molar-refractivity contribution is 0.0624. The highest BCUT2D eigenvalue weighted by atomic mass is 16.5. The second-order valence-electron chi connectivity index (χ2n) is 5.35. The number of aliphatic hydroxyl groups is 1. The van der Waals surface area contributed by atoms with Crippen molar-refractivity contribution < 1.29 is 9.84 Å². The van der Waals surface area contributed by atoms with Crippen molar-refractivity contribution in [3.63, 3.8) is 0 Å². The Labute approximate surface area is 113 Å². The minimum atomic E-state index is 0.00793. The van der Waals surface area contributed by atoms with Gasteiger partial charge in [0, 0.05) is 25.2 Å². The second-order valence-corrected chi connectivity index (χ2v) is 5.35. The summed E-state index contributed by atoms with van der Waals surface area (Å²) in [6.07, 6.45) is 10.5. The van der Waals surface area contributed by atoms with Crippen LogP contribution in [0.25, 0.3) is 0 Å². The minimum Gasteiger partial charge on any atom is -0.396 e. The zero-order valence-electron chi connectivity index (χ0n) is 12.4. The van der Waals surface area contributed by atoms with Crippen molar-refractivity contribution in [2.45, 2.75) is 71.3 Å². The van der Waals surface area contributed by atoms with Gasteiger partial charge in [0.25, 0.3) is 0 Å². The molecule has 0 spiro atoms. The van der Waals surface area contributed by atoms with Crippen LogP contribution in [0, 0.1) is 5.92 Å². The molecule has 2 atom stereocenters. The number of aliphatic hydroxyl groups excluding tert-OH is 1. The van der Waals surface area contributed by atoms with Gasteiger partial charge in [-0.2, -0.15) is 0 Å². The van der Waals surface area contributed by atoms with Crippen LogP contribution in [0.4, 0.5) is 0 Å². The zero-order valence-corrected chi connectivity index (χ0v) is 12.4. The summed E-state index contributed by atoms with van der Waals surface area (Å²) < 4.78 is 5.55. The molecule has 0 aliphatic rings. The molecule has 3 N–H and O–H groups in total. The molecule has 0 bridgehead atoms. The first-order valence-corrected chi connectivity index (χ1v) is 7.66. The lowest BCUT2D eigenvalue weighted by Crippen LogP contribution is -2.32. The van der Waals surface area contributed by atoms with E-state index >= 15 is 0 Å². The Bertz CT molecular complexity index is 163. The predicted molar refractivity (Wildman–Crippen MR) is 77.7 cm³/mol. The molecule has 2 unspecified atom stereocenters. The smallest absolute Gasteiger partial charge is 0.0530 e. The Morgan fingerprint density at radius 1 is 1.00 bits per heavy atom. The van der Waals surface area contributed by atoms with Crippen LogP contribution in [-0.2, 0) is 4.74 Å². The fourth-order valence-corrected chi connectivity index (χ4v) is 1.94. The minimum absolute atomic E-state index is 0.00793. The van der Waals surface area contributed by atoms with Crippen LogP contribution in [0.1, 0.15) is 65.2 Å². The maximum atomic E-state index is 9.08. The summed E-state index contributed by atoms with van der Waals surface area (Å²) in [5.41, 5.74) is 5.73. The van der Waals surface area contributed by atoms with Gasteiger partial charge in [-0.15, -0.1) is 0 Å². The number of ether oxygens (including phenoxy) is 1. The van der Waals surface area contributed by atoms with E-state index in [1.807, 2.05) is 6.92 Å². The molecule has 18 heavy (non-hydrogen) atoms. The Morgan fingerprint density at radius 2 is 1.56 bits per heavy atom. The molecular weight excluding hydrogens is 226 g/mol. The van der Waals surface area contributed by atoms with E-state index in [0.29, 0.717) is 6.61 Å². The van der Waals surface area contributed by atoms with Gasteiger partial charge in [-0.25, -0.2) is 0 Å². The van der Waals surface area contributed by atoms with Crippen molar-refractivity contribution in [1.29, 1.82) is 0 Å². The molecule has 0 aromatic rings. The van der Waals surface area contributed by atoms with Gasteiger partial charge in [0.05, 0.1) is 6.61 Å². The largest absolute Gasteiger partial charge is 0.396 e. The third-order valence-corrected chi connectivity index (χ3v) is 3.45. The molecular formula is C15H33NO2. The summed E-state index contributed by atoms with van der Waals surface area (Å²) in [6, 6.07) is 0.00793. The Morgan fingerprint density at radius 3 is 2.06 bits per heavy atom. The van der Waals surface area contributed by atoms with Crippen molar-refractivity contribution in [2.24, 2.45) is 11.7 Å². The van der Waals surface area contributed by atoms with Crippen molar-refractivity contribution in [2.75, 3.05) is 19.8 Å². The first kappa shape index (κ1) is 17.9. The van der Waals surface area contributed by atoms with Gasteiger partial charge in [-0.3, -0.25) is 0 Å². The van der Waals surface area contributed by atoms with Crippen molar-refractivity contribution >= 4 is 0 Å². The van der Waals surface area contributed by atoms with E-state index in [4.69, 9.17) is 15.6 Å². The molecule has 0 aliphatic heterocycles. The quantitative estimate of drug-likeness (QED) is 0.500. The average molecular weight is 259 g/mol. The highest BCUT2D eigenvalue weighted by Gasteiger charge is 2.12. The molecule has 0 heterocycles. The van der Waals surface area contributed by atoms with Crippen molar-refractivity contribution in [1.82, 2.24) is 0 Å². The molecule has 0 radical (unpaired) electrons. The van der Waals surface area contributed by atoms with E-state index in [2.05, 4.69) is 6.92 Å². The molecule has 0 fully saturated rings. The molecule has 0 amide bonds. The molecule has 0 rings (SSSR count). The first-order valence-electron chi connectivity index (χ1n) is 7.66. The van der Waals surface area contributed by atoms with Crippen LogP contribution in [0.3, 0.4) is 0 Å². The van der Waals surface area contributed by atoms with Gasteiger partial charge in [-0.05, 0) is 13.3 Å². The number of nitrogens with two attached hydrogens (primary N) is 1. The van der Waals surface area contributed by atoms with Gasteiger partial charge in [0.1, 0.15) is 0 Å². The molecule has 0 saturated heterocycles. The van der Waals surface area contributed by atoms with Gasteiger partial charge in [0.15, 0.2) is 0 Å². The number of hydrogen-bond donors (Lipinski definition) is 2. The fourth-order valence-electron chi connectivity index (χ4n) is 1.94. The van der Waals surface area contributed by atoms with E-state index in [9.17, 15) is 0 Å². The SMILES string of the molecule is CCCCCCCCCCOCC(CO)C(C)N. The van der Waals surface area contributed by atoms with Crippen molar-refractivity contribution in [3.05, 3.63) is 0 Å². The van der Waals surface area contributed by atoms with Crippen LogP contribution in [0.5, 0.6) is 0 Å². The third kappa shape index (κ3) is 11.0. The van der Waals surface area contributed by atoms with Gasteiger partial charge in [0.2, 0.25) is 0 Å². The van der Waals surface area contributed by atoms with E-state index in [1.165, 1.54) is 44.9 Å². The summed E-state index contributed by atoms with van der Waals surface area (Å²) in [5.74, 6) is 0.0824. The zero-order chi connectivity index (χ0) is 13.6. The highest BCUT2D eigenvalue weighted by Crippen LogP contribution is 2.08. The van der Waals surface area contributed by atoms with Crippen molar-refractivity contribution in [3.8, 4) is 0 Å². The maximum absolute atomic E-state index is 9.08. The van der Waals surface area contributed by atoms with E-state index in [0.717, 1.165) is 13.0 Å². The van der Waals surface area contributed by atoms with Crippen LogP contribution in [0.15, 0.2) is 0 Å². The van der Waals surface area contributed by atoms with Crippen LogP contribution in [0.2, 0.25) is 0 Å². The topological polar surface area (TPSA) is 55.5 Å². The lowest BCUT2D eigenvalue weighted by Gasteiger charge is -2.17. The Hall–Kier alpha value is -0.120. The number of unbranched alkanes of at least 4 members (excludes halogenated alkanes) is 7. The van der Waals surface area contributed by atoms with E-state index in [1.54, 1.807) is 0 Å². The molecule has 110 valence electrons. The molecule has 3 heteroatoms. The van der Waals surface area contributed by atoms with E-state index in [-0.39, 0.29) is 18.6 Å². The van der Waals surface area contributed by atoms with Gasteiger partial charge in [-0.1, -0.05) is 51.9 Å². The third-order valence-electron chi connectivity index (χ3n) is 3.45. The fraction of sp³-hybridized carbons (Fsp3) is 1.00. The highest BCUT2D eigenvalue weighted by molar-refractivity contribution is 4.66. The molecule has 0 aromatic heterocycles. The second kappa shape index (κ2) is 13.3. The number of rotatable bonds is 13. The molecule has 0 saturated carbocycles. The van der Waals surface area contributed by atoms with Gasteiger partial charge >= 0.3 is 0 Å². The van der Waals surface area contributed by atoms with Crippen LogP contribution >= 0.6 is 0 Å². The monoisotopic (exact) mass is 259 g/mol. The summed E-state index contributed by atoms with van der Waals surface area (Å²) in [7, 11) is 0. The summed E-state index contributed by atoms with van der Waals surface area (Å²) in [6.45, 7) is 5.68. The average Bonchev–Trinajstić information content (AvgIpc) is 2.35. The molecule has 0 aromatic carbocycles. The maximum Gasteiger partial charge on any atom is 0.0530 e. The summed E-state index contributed by atoms with van der Waals surface area (Å²) in [4.78, 5) is 0. The Kier molecular flexibility index (Phi) is 13.2. The predicted octanol–water partition coefficient (Wildman–Crippen LogP) is 3.10. The summed E-state index contributed by atoms with van der Waals surface area (Å²) in [5, 5.41) is 9.08. The van der Waals surface area contributed by atoms with E-state index < -0.39 is 0 Å². The summed E-state index contributed by atoms with van der Waals surface area (Å²) >= 11 is 0. The molecule has 0 aliphatic carbocycles. The van der Waals surface area contributed by atoms with Crippen LogP contribution in [-0.4, -0.2) is 31.0 Å². The molecule has 3 nitrogen and oxygen atoms in total. The lowest BCUT2D eigenvalue weighted by atomic mass is 10.1. The first-order chi connectivity index (χ1) is 8.72. The number of hydrogen-bond acceptors (Lipinski definition) is 3. The standard InChI is InChI=1S/C15H33NO2/c1-3-4-5-6-7-8-9-10-11-18-13-15(12-17)14(2)16/h14-15,17H,3-13,16H2,1-2H3. The normalized spacial score (nSPS) is 14.7. The van der Waals surface area contributed by atoms with Gasteiger partial charge < -0.3 is 15.6 Å². The Balaban J connectivity index is 3.15.